The second-order valence-electron chi connectivity index (χ2n) is 5.32. The maximum atomic E-state index is 12.3. The van der Waals surface area contributed by atoms with Crippen molar-refractivity contribution in [3.8, 4) is 0 Å². The number of hydrogen-bond acceptors (Lipinski definition) is 3. The Morgan fingerprint density at radius 3 is 2.28 bits per heavy atom. The van der Waals surface area contributed by atoms with Gasteiger partial charge < -0.3 is 9.29 Å². The van der Waals surface area contributed by atoms with Crippen LogP contribution in [0.3, 0.4) is 0 Å². The number of rotatable bonds is 2. The van der Waals surface area contributed by atoms with Gasteiger partial charge in [0, 0.05) is 5.92 Å². The van der Waals surface area contributed by atoms with E-state index in [1.165, 1.54) is 6.21 Å². The van der Waals surface area contributed by atoms with Gasteiger partial charge in [0.2, 0.25) is 0 Å². The van der Waals surface area contributed by atoms with Gasteiger partial charge in [-0.1, -0.05) is 4.40 Å². The van der Waals surface area contributed by atoms with Crippen molar-refractivity contribution in [1.82, 2.24) is 0 Å². The van der Waals surface area contributed by atoms with Gasteiger partial charge >= 0.3 is 6.18 Å². The molecule has 0 radical (unpaired) electrons. The topological polar surface area (TPSA) is 44.7 Å². The summed E-state index contributed by atoms with van der Waals surface area (Å²) >= 11 is -1.37. The van der Waals surface area contributed by atoms with E-state index in [9.17, 15) is 17.7 Å². The van der Waals surface area contributed by atoms with Crippen LogP contribution >= 0.6 is 0 Å². The van der Waals surface area contributed by atoms with Crippen molar-refractivity contribution in [2.75, 3.05) is 6.61 Å². The quantitative estimate of drug-likeness (QED) is 0.578. The lowest BCUT2D eigenvalue weighted by Gasteiger charge is -2.28. The summed E-state index contributed by atoms with van der Waals surface area (Å²) in [6, 6.07) is 0. The molecule has 0 aromatic carbocycles. The third-order valence-corrected chi connectivity index (χ3v) is 3.93. The number of nitrogens with zero attached hydrogens (tertiary/aromatic N) is 1. The molecular formula is C11H18F3NO2S. The second-order valence-corrected chi connectivity index (χ2v) is 7.25. The standard InChI is InChI=1S/C11H18F3NO2S/c1-10(2,3)18(16)15-6-8-4-5-9(17-7-8)11(12,13)14/h6,8-9H,4-5,7H2,1-3H3/t8?,9?,18-/m1/s1. The average Bonchev–Trinajstić information content (AvgIpc) is 2.24. The van der Waals surface area contributed by atoms with Gasteiger partial charge in [0.1, 0.15) is 16.1 Å². The minimum Gasteiger partial charge on any atom is -0.591 e. The molecule has 1 aliphatic rings. The molecule has 0 N–H and O–H groups in total. The van der Waals surface area contributed by atoms with Crippen LogP contribution in [0.25, 0.3) is 0 Å². The molecule has 7 heteroatoms. The molecule has 3 nitrogen and oxygen atoms in total. The second kappa shape index (κ2) is 5.79. The van der Waals surface area contributed by atoms with Crippen molar-refractivity contribution in [3.05, 3.63) is 0 Å². The first-order valence-electron chi connectivity index (χ1n) is 5.75. The summed E-state index contributed by atoms with van der Waals surface area (Å²) in [5.41, 5.74) is 0. The van der Waals surface area contributed by atoms with Gasteiger partial charge in [0.05, 0.1) is 12.8 Å². The van der Waals surface area contributed by atoms with Crippen molar-refractivity contribution >= 4 is 17.6 Å². The number of alkyl halides is 3. The number of halogens is 3. The summed E-state index contributed by atoms with van der Waals surface area (Å²) in [7, 11) is 0. The molecule has 0 amide bonds. The monoisotopic (exact) mass is 285 g/mol. The first-order chi connectivity index (χ1) is 8.10. The molecule has 0 spiro atoms. The molecule has 0 bridgehead atoms. The lowest BCUT2D eigenvalue weighted by molar-refractivity contribution is -0.232. The molecule has 2 unspecified atom stereocenters. The van der Waals surface area contributed by atoms with Gasteiger partial charge in [-0.3, -0.25) is 0 Å². The van der Waals surface area contributed by atoms with E-state index in [1.54, 1.807) is 20.8 Å². The fraction of sp³-hybridized carbons (Fsp3) is 0.909. The van der Waals surface area contributed by atoms with Gasteiger partial charge in [0.15, 0.2) is 6.10 Å². The van der Waals surface area contributed by atoms with Crippen molar-refractivity contribution in [2.45, 2.75) is 50.6 Å². The number of hydrogen-bond donors (Lipinski definition) is 0. The Morgan fingerprint density at radius 1 is 1.28 bits per heavy atom. The Bertz CT molecular complexity index is 294. The molecule has 3 atom stereocenters. The molecule has 1 aliphatic heterocycles. The molecule has 106 valence electrons. The highest BCUT2D eigenvalue weighted by atomic mass is 32.2. The third-order valence-electron chi connectivity index (χ3n) is 2.57. The van der Waals surface area contributed by atoms with Crippen molar-refractivity contribution in [1.29, 1.82) is 0 Å². The van der Waals surface area contributed by atoms with Crippen molar-refractivity contribution in [3.63, 3.8) is 0 Å². The summed E-state index contributed by atoms with van der Waals surface area (Å²) in [4.78, 5) is 0. The highest BCUT2D eigenvalue weighted by molar-refractivity contribution is 7.91. The van der Waals surface area contributed by atoms with E-state index in [1.807, 2.05) is 0 Å². The molecule has 1 saturated heterocycles. The SMILES string of the molecule is CC(C)(C)[S@@+]([O-])N=CC1CCC(C(F)(F)F)OC1. The van der Waals surface area contributed by atoms with Gasteiger partial charge in [0.25, 0.3) is 0 Å². The first kappa shape index (κ1) is 15.8. The van der Waals surface area contributed by atoms with Gasteiger partial charge in [-0.15, -0.1) is 0 Å². The Labute approximate surface area is 108 Å². The third kappa shape index (κ3) is 4.78. The summed E-state index contributed by atoms with van der Waals surface area (Å²) in [6.07, 6.45) is -4.21. The van der Waals surface area contributed by atoms with Crippen LogP contribution in [-0.4, -0.2) is 34.4 Å². The summed E-state index contributed by atoms with van der Waals surface area (Å²) in [5.74, 6) is -0.185. The van der Waals surface area contributed by atoms with E-state index in [2.05, 4.69) is 4.40 Å². The van der Waals surface area contributed by atoms with E-state index in [4.69, 9.17) is 4.74 Å². The van der Waals surface area contributed by atoms with E-state index in [-0.39, 0.29) is 18.9 Å². The molecule has 0 aliphatic carbocycles. The van der Waals surface area contributed by atoms with Crippen LogP contribution in [0.2, 0.25) is 0 Å². The molecule has 1 heterocycles. The fourth-order valence-electron chi connectivity index (χ4n) is 1.45. The molecule has 0 aromatic rings. The highest BCUT2D eigenvalue weighted by Crippen LogP contribution is 2.31. The molecule has 1 fully saturated rings. The fourth-order valence-corrected chi connectivity index (χ4v) is 2.05. The summed E-state index contributed by atoms with van der Waals surface area (Å²) in [5, 5.41) is 0. The molecule has 0 saturated carbocycles. The minimum atomic E-state index is -4.30. The van der Waals surface area contributed by atoms with Crippen LogP contribution in [0.1, 0.15) is 33.6 Å². The Balaban J connectivity index is 2.43. The van der Waals surface area contributed by atoms with Crippen LogP contribution in [0.15, 0.2) is 4.40 Å². The Hall–Kier alpha value is -0.270. The van der Waals surface area contributed by atoms with Crippen LogP contribution in [-0.2, 0) is 16.1 Å². The maximum absolute atomic E-state index is 12.3. The largest absolute Gasteiger partial charge is 0.591 e. The van der Waals surface area contributed by atoms with Crippen LogP contribution < -0.4 is 0 Å². The maximum Gasteiger partial charge on any atom is 0.414 e. The van der Waals surface area contributed by atoms with E-state index in [0.29, 0.717) is 6.42 Å². The van der Waals surface area contributed by atoms with Crippen molar-refractivity contribution < 1.29 is 22.5 Å². The molecule has 1 rings (SSSR count). The van der Waals surface area contributed by atoms with Gasteiger partial charge in [-0.25, -0.2) is 0 Å². The van der Waals surface area contributed by atoms with Crippen LogP contribution in [0.4, 0.5) is 13.2 Å². The molecule has 18 heavy (non-hydrogen) atoms. The summed E-state index contributed by atoms with van der Waals surface area (Å²) < 4.78 is 56.8. The molecule has 0 aromatic heterocycles. The zero-order valence-electron chi connectivity index (χ0n) is 10.7. The molecular weight excluding hydrogens is 267 g/mol. The zero-order valence-corrected chi connectivity index (χ0v) is 11.5. The van der Waals surface area contributed by atoms with Crippen LogP contribution in [0.5, 0.6) is 0 Å². The highest BCUT2D eigenvalue weighted by Gasteiger charge is 2.42. The normalized spacial score (nSPS) is 28.6. The Kier molecular flexibility index (Phi) is 5.08. The number of ether oxygens (including phenoxy) is 1. The average molecular weight is 285 g/mol. The van der Waals surface area contributed by atoms with Crippen molar-refractivity contribution in [2.24, 2.45) is 10.3 Å². The zero-order chi connectivity index (χ0) is 14.0. The minimum absolute atomic E-state index is 0.0188. The van der Waals surface area contributed by atoms with Gasteiger partial charge in [-0.05, 0) is 33.6 Å². The Morgan fingerprint density at radius 2 is 1.89 bits per heavy atom. The first-order valence-corrected chi connectivity index (χ1v) is 6.86. The van der Waals surface area contributed by atoms with E-state index >= 15 is 0 Å². The lowest BCUT2D eigenvalue weighted by atomic mass is 9.99. The predicted octanol–water partition coefficient (Wildman–Crippen LogP) is 2.88. The van der Waals surface area contributed by atoms with Gasteiger partial charge in [-0.2, -0.15) is 13.2 Å². The lowest BCUT2D eigenvalue weighted by Crippen LogP contribution is -2.38. The van der Waals surface area contributed by atoms with Crippen LogP contribution in [0, 0.1) is 5.92 Å². The summed E-state index contributed by atoms with van der Waals surface area (Å²) in [6.45, 7) is 5.35. The predicted molar refractivity (Wildman–Crippen MR) is 64.9 cm³/mol. The van der Waals surface area contributed by atoms with E-state index in [0.717, 1.165) is 0 Å². The smallest absolute Gasteiger partial charge is 0.414 e. The van der Waals surface area contributed by atoms with E-state index < -0.39 is 28.4 Å².